The van der Waals surface area contributed by atoms with Gasteiger partial charge in [-0.05, 0) is 12.8 Å². The van der Waals surface area contributed by atoms with Crippen molar-refractivity contribution in [1.82, 2.24) is 0 Å². The van der Waals surface area contributed by atoms with Crippen LogP contribution >= 0.6 is 0 Å². The molecule has 0 rings (SSSR count). The number of unbranched alkanes of at least 4 members (excludes halogenated alkanes) is 18. The first-order valence-corrected chi connectivity index (χ1v) is 14.0. The Bertz CT molecular complexity index is 381. The Balaban J connectivity index is -0.000000501. The Hall–Kier alpha value is 1.60. The molecule has 0 unspecified atom stereocenters. The summed E-state index contributed by atoms with van der Waals surface area (Å²) in [5.41, 5.74) is 0. The first-order valence-electron chi connectivity index (χ1n) is 12.7. The fraction of sp³-hybridized carbons (Fsp3) is 1.00. The Morgan fingerprint density at radius 1 is 0.500 bits per heavy atom. The summed E-state index contributed by atoms with van der Waals surface area (Å²) >= 11 is 0. The van der Waals surface area contributed by atoms with Crippen molar-refractivity contribution in [3.63, 3.8) is 0 Å². The van der Waals surface area contributed by atoms with Gasteiger partial charge in [0.15, 0.2) is 0 Å². The van der Waals surface area contributed by atoms with Gasteiger partial charge in [0.05, 0.1) is 0 Å². The van der Waals surface area contributed by atoms with Gasteiger partial charge in [0, 0.05) is 23.6 Å². The number of hydrogen-bond donors (Lipinski definition) is 0. The van der Waals surface area contributed by atoms with E-state index in [4.69, 9.17) is 22.3 Å². The van der Waals surface area contributed by atoms with Gasteiger partial charge >= 0.3 is 52.6 Å². The van der Waals surface area contributed by atoms with Crippen LogP contribution in [0.5, 0.6) is 0 Å². The van der Waals surface area contributed by atoms with Crippen LogP contribution < -0.4 is 0 Å². The van der Waals surface area contributed by atoms with Gasteiger partial charge in [0.1, 0.15) is 0 Å². The van der Waals surface area contributed by atoms with Gasteiger partial charge in [-0.3, -0.25) is 8.42 Å². The van der Waals surface area contributed by atoms with Crippen molar-refractivity contribution in [2.45, 2.75) is 142 Å². The number of ether oxygens (including phenoxy) is 1. The summed E-state index contributed by atoms with van der Waals surface area (Å²) in [4.78, 5) is 0. The fourth-order valence-corrected chi connectivity index (χ4v) is 3.49. The van der Waals surface area contributed by atoms with Crippen molar-refractivity contribution < 1.29 is 22.3 Å². The Morgan fingerprint density at radius 2 is 0.688 bits per heavy atom. The second-order valence-corrected chi connectivity index (χ2v) is 9.20. The topological polar surface area (TPSA) is 89.5 Å². The molecule has 32 heavy (non-hydrogen) atoms. The zero-order valence-electron chi connectivity index (χ0n) is 20.7. The van der Waals surface area contributed by atoms with Crippen LogP contribution in [-0.2, 0) is 15.1 Å². The second kappa shape index (κ2) is 34.8. The molecule has 0 aliphatic heterocycles. The van der Waals surface area contributed by atoms with Crippen molar-refractivity contribution in [3.8, 4) is 0 Å². The summed E-state index contributed by atoms with van der Waals surface area (Å²) in [6, 6.07) is 0. The van der Waals surface area contributed by atoms with Crippen LogP contribution in [0.1, 0.15) is 142 Å². The van der Waals surface area contributed by atoms with E-state index in [0.717, 1.165) is 13.2 Å². The number of hydrogen-bond acceptors (Lipinski definition) is 5. The molecule has 0 radical (unpaired) electrons. The van der Waals surface area contributed by atoms with Crippen LogP contribution in [0.15, 0.2) is 0 Å². The molecule has 0 bridgehead atoms. The van der Waals surface area contributed by atoms with Crippen LogP contribution in [0.2, 0.25) is 0 Å². The molecule has 0 atom stereocenters. The molecule has 0 fully saturated rings. The summed E-state index contributed by atoms with van der Waals surface area (Å²) in [5.74, 6) is 0. The van der Waals surface area contributed by atoms with Crippen molar-refractivity contribution in [3.05, 3.63) is 0 Å². The molecule has 0 aliphatic carbocycles. The molecule has 0 amide bonds. The average Bonchev–Trinajstić information content (AvgIpc) is 2.68. The summed E-state index contributed by atoms with van der Waals surface area (Å²) in [7, 11) is -5.17. The van der Waals surface area contributed by atoms with Crippen molar-refractivity contribution >= 4 is 63.0 Å². The van der Waals surface area contributed by atoms with Gasteiger partial charge in [0.25, 0.3) is 0 Å². The molecule has 186 valence electrons. The number of rotatable bonds is 22. The molecule has 0 aromatic carbocycles. The molecule has 0 aliphatic rings. The maximum absolute atomic E-state index is 8.52. The maximum atomic E-state index is 8.52. The monoisotopic (exact) mass is 498 g/mol. The van der Waals surface area contributed by atoms with E-state index in [0.29, 0.717) is 0 Å². The van der Waals surface area contributed by atoms with E-state index in [-0.39, 0.29) is 52.6 Å². The first-order chi connectivity index (χ1) is 14.4. The van der Waals surface area contributed by atoms with Gasteiger partial charge in [-0.25, -0.2) is 0 Å². The summed E-state index contributed by atoms with van der Waals surface area (Å²) < 4.78 is 39.9. The molecule has 5 nitrogen and oxygen atoms in total. The molecular formula is C24H51MgNaO5S. The summed E-state index contributed by atoms with van der Waals surface area (Å²) in [6.45, 7) is 6.57. The summed E-state index contributed by atoms with van der Waals surface area (Å²) in [6.07, 6.45) is 28.2. The van der Waals surface area contributed by atoms with E-state index in [1.807, 2.05) is 0 Å². The molecule has 8 heteroatoms. The second-order valence-electron chi connectivity index (χ2n) is 8.38. The van der Waals surface area contributed by atoms with E-state index in [9.17, 15) is 0 Å². The SMILES string of the molecule is CCCCCCCCCCCCOCCCCCCCCCCCC.O=S(=O)([O-])[O-].[Mg+2].[NaH]. The van der Waals surface area contributed by atoms with Gasteiger partial charge in [-0.15, -0.1) is 0 Å². The minimum atomic E-state index is -5.17. The third-order valence-corrected chi connectivity index (χ3v) is 5.28. The van der Waals surface area contributed by atoms with Crippen LogP contribution in [-0.4, -0.2) is 83.3 Å². The van der Waals surface area contributed by atoms with Crippen LogP contribution in [0.3, 0.4) is 0 Å². The molecule has 0 N–H and O–H groups in total. The van der Waals surface area contributed by atoms with E-state index >= 15 is 0 Å². The molecule has 0 saturated heterocycles. The van der Waals surface area contributed by atoms with E-state index < -0.39 is 10.4 Å². The van der Waals surface area contributed by atoms with Crippen LogP contribution in [0, 0.1) is 0 Å². The Kier molecular flexibility index (Phi) is 44.3. The molecule has 0 aromatic heterocycles. The Morgan fingerprint density at radius 3 is 0.906 bits per heavy atom. The van der Waals surface area contributed by atoms with Gasteiger partial charge in [-0.1, -0.05) is 129 Å². The van der Waals surface area contributed by atoms with Gasteiger partial charge < -0.3 is 13.8 Å². The molecular weight excluding hydrogens is 448 g/mol. The molecule has 0 heterocycles. The molecule has 0 aromatic rings. The third kappa shape index (κ3) is 53.1. The molecule has 0 spiro atoms. The van der Waals surface area contributed by atoms with Crippen molar-refractivity contribution in [1.29, 1.82) is 0 Å². The molecule has 0 saturated carbocycles. The van der Waals surface area contributed by atoms with Gasteiger partial charge in [0.2, 0.25) is 0 Å². The summed E-state index contributed by atoms with van der Waals surface area (Å²) in [5, 5.41) is 0. The van der Waals surface area contributed by atoms with Gasteiger partial charge in [-0.2, -0.15) is 0 Å². The fourth-order valence-electron chi connectivity index (χ4n) is 3.49. The quantitative estimate of drug-likeness (QED) is 0.0737. The van der Waals surface area contributed by atoms with Crippen molar-refractivity contribution in [2.24, 2.45) is 0 Å². The zero-order chi connectivity index (χ0) is 22.8. The normalized spacial score (nSPS) is 10.6. The van der Waals surface area contributed by atoms with E-state index in [2.05, 4.69) is 13.8 Å². The minimum absolute atomic E-state index is 0. The van der Waals surface area contributed by atoms with Crippen LogP contribution in [0.4, 0.5) is 0 Å². The Labute approximate surface area is 239 Å². The van der Waals surface area contributed by atoms with E-state index in [1.54, 1.807) is 0 Å². The predicted molar refractivity (Wildman–Crippen MR) is 138 cm³/mol. The first kappa shape index (κ1) is 40.8. The van der Waals surface area contributed by atoms with Crippen molar-refractivity contribution in [2.75, 3.05) is 13.2 Å². The predicted octanol–water partition coefficient (Wildman–Crippen LogP) is 6.48. The third-order valence-electron chi connectivity index (χ3n) is 5.28. The standard InChI is InChI=1S/C24H50O.Mg.Na.H2O4S.H/c1-3-5-7-9-11-13-15-17-19-21-23-25-24-22-20-18-16-14-12-10-8-6-4-2;;;1-5(2,3)4;/h3-24H2,1-2H3;;;(H2,1,2,3,4);/q;+2;;;/p-2. The van der Waals surface area contributed by atoms with E-state index in [1.165, 1.54) is 128 Å². The van der Waals surface area contributed by atoms with Crippen LogP contribution in [0.25, 0.3) is 0 Å². The average molecular weight is 499 g/mol. The zero-order valence-corrected chi connectivity index (χ0v) is 22.9.